The van der Waals surface area contributed by atoms with Crippen LogP contribution in [0.3, 0.4) is 0 Å². The topological polar surface area (TPSA) is 72.9 Å². The lowest BCUT2D eigenvalue weighted by atomic mass is 10.2. The first-order valence-electron chi connectivity index (χ1n) is 6.58. The molecule has 2 aromatic rings. The maximum absolute atomic E-state index is 12.3. The Labute approximate surface area is 128 Å². The van der Waals surface area contributed by atoms with E-state index in [9.17, 15) is 4.79 Å². The number of thiophene rings is 1. The third-order valence-electron chi connectivity index (χ3n) is 3.28. The maximum Gasteiger partial charge on any atom is 0.262 e. The number of nitrogens with one attached hydrogen (secondary N) is 1. The Morgan fingerprint density at radius 3 is 2.90 bits per heavy atom. The largest absolute Gasteiger partial charge is 0.347 e. The fraction of sp³-hybridized carbons (Fsp3) is 0.333. The van der Waals surface area contributed by atoms with Gasteiger partial charge in [-0.15, -0.1) is 11.3 Å². The number of nitrogens with two attached hydrogens (primary N) is 1. The van der Waals surface area contributed by atoms with Gasteiger partial charge >= 0.3 is 0 Å². The Balaban J connectivity index is 2.11. The fourth-order valence-electron chi connectivity index (χ4n) is 2.05. The van der Waals surface area contributed by atoms with E-state index in [4.69, 9.17) is 5.73 Å². The summed E-state index contributed by atoms with van der Waals surface area (Å²) in [5.74, 6) is 5.57. The summed E-state index contributed by atoms with van der Waals surface area (Å²) < 4.78 is 1.82. The summed E-state index contributed by atoms with van der Waals surface area (Å²) in [5.41, 5.74) is 9.13. The van der Waals surface area contributed by atoms with Crippen molar-refractivity contribution in [1.29, 1.82) is 0 Å². The van der Waals surface area contributed by atoms with Crippen molar-refractivity contribution in [2.75, 3.05) is 6.54 Å². The van der Waals surface area contributed by atoms with Crippen LogP contribution < -0.4 is 11.1 Å². The van der Waals surface area contributed by atoms with Gasteiger partial charge in [0.2, 0.25) is 0 Å². The smallest absolute Gasteiger partial charge is 0.262 e. The van der Waals surface area contributed by atoms with Gasteiger partial charge in [-0.2, -0.15) is 5.10 Å². The van der Waals surface area contributed by atoms with E-state index in [1.807, 2.05) is 37.0 Å². The standard InChI is InChI=1S/C15H18N4OS/c1-10-13(11(2)19(3)18-10)9-17-15(20)14-12(5-4-7-16)6-8-21-14/h6,8H,7,9,16H2,1-3H3,(H,17,20). The lowest BCUT2D eigenvalue weighted by Crippen LogP contribution is -2.23. The molecule has 0 bridgehead atoms. The number of carbonyl (C=O) groups excluding carboxylic acids is 1. The van der Waals surface area contributed by atoms with Gasteiger partial charge in [-0.05, 0) is 25.3 Å². The minimum absolute atomic E-state index is 0.117. The van der Waals surface area contributed by atoms with E-state index in [1.54, 1.807) is 0 Å². The summed E-state index contributed by atoms with van der Waals surface area (Å²) in [5, 5.41) is 9.13. The summed E-state index contributed by atoms with van der Waals surface area (Å²) in [6.07, 6.45) is 0. The van der Waals surface area contributed by atoms with Crippen molar-refractivity contribution in [2.24, 2.45) is 12.8 Å². The molecule has 2 aromatic heterocycles. The molecule has 0 aliphatic carbocycles. The van der Waals surface area contributed by atoms with Crippen LogP contribution in [-0.2, 0) is 13.6 Å². The van der Waals surface area contributed by atoms with Crippen LogP contribution in [0.15, 0.2) is 11.4 Å². The Kier molecular flexibility index (Phi) is 4.78. The van der Waals surface area contributed by atoms with Crippen LogP contribution >= 0.6 is 11.3 Å². The van der Waals surface area contributed by atoms with Crippen molar-refractivity contribution < 1.29 is 4.79 Å². The summed E-state index contributed by atoms with van der Waals surface area (Å²) in [7, 11) is 1.90. The number of aromatic nitrogens is 2. The number of amides is 1. The molecule has 0 saturated heterocycles. The predicted octanol–water partition coefficient (Wildman–Crippen LogP) is 1.34. The Hall–Kier alpha value is -2.10. The van der Waals surface area contributed by atoms with Crippen LogP contribution in [0.5, 0.6) is 0 Å². The monoisotopic (exact) mass is 302 g/mol. The lowest BCUT2D eigenvalue weighted by molar-refractivity contribution is 0.0954. The first kappa shape index (κ1) is 15.3. The zero-order chi connectivity index (χ0) is 15.4. The Morgan fingerprint density at radius 1 is 1.52 bits per heavy atom. The second-order valence-electron chi connectivity index (χ2n) is 4.62. The van der Waals surface area contributed by atoms with E-state index in [-0.39, 0.29) is 12.5 Å². The van der Waals surface area contributed by atoms with Gasteiger partial charge in [0.25, 0.3) is 5.91 Å². The third-order valence-corrected chi connectivity index (χ3v) is 4.19. The Bertz CT molecular complexity index is 718. The molecule has 1 amide bonds. The van der Waals surface area contributed by atoms with Crippen LogP contribution in [0.4, 0.5) is 0 Å². The highest BCUT2D eigenvalue weighted by Gasteiger charge is 2.14. The molecule has 0 unspecified atom stereocenters. The molecule has 0 aromatic carbocycles. The van der Waals surface area contributed by atoms with Crippen LogP contribution in [-0.4, -0.2) is 22.2 Å². The average Bonchev–Trinajstić information content (AvgIpc) is 3.01. The molecule has 21 heavy (non-hydrogen) atoms. The third kappa shape index (κ3) is 3.32. The predicted molar refractivity (Wildman–Crippen MR) is 84.1 cm³/mol. The number of aryl methyl sites for hydroxylation is 2. The number of rotatable bonds is 3. The molecule has 2 heterocycles. The average molecular weight is 302 g/mol. The van der Waals surface area contributed by atoms with Gasteiger partial charge in [0.05, 0.1) is 12.2 Å². The molecule has 0 spiro atoms. The van der Waals surface area contributed by atoms with Gasteiger partial charge in [-0.25, -0.2) is 0 Å². The van der Waals surface area contributed by atoms with Crippen molar-refractivity contribution in [3.63, 3.8) is 0 Å². The van der Waals surface area contributed by atoms with Gasteiger partial charge in [-0.3, -0.25) is 9.48 Å². The SMILES string of the molecule is Cc1nn(C)c(C)c1CNC(=O)c1sccc1C#CCN. The first-order valence-corrected chi connectivity index (χ1v) is 7.46. The van der Waals surface area contributed by atoms with E-state index in [2.05, 4.69) is 22.3 Å². The van der Waals surface area contributed by atoms with Crippen molar-refractivity contribution in [3.8, 4) is 11.8 Å². The van der Waals surface area contributed by atoms with E-state index >= 15 is 0 Å². The fourth-order valence-corrected chi connectivity index (χ4v) is 2.82. The number of hydrogen-bond donors (Lipinski definition) is 2. The summed E-state index contributed by atoms with van der Waals surface area (Å²) >= 11 is 1.38. The number of carbonyl (C=O) groups is 1. The molecule has 0 fully saturated rings. The molecule has 0 atom stereocenters. The second-order valence-corrected chi connectivity index (χ2v) is 5.54. The van der Waals surface area contributed by atoms with Crippen molar-refractivity contribution in [1.82, 2.24) is 15.1 Å². The van der Waals surface area contributed by atoms with Crippen LogP contribution in [0.25, 0.3) is 0 Å². The van der Waals surface area contributed by atoms with Crippen LogP contribution in [0, 0.1) is 25.7 Å². The second kappa shape index (κ2) is 6.57. The molecule has 0 radical (unpaired) electrons. The minimum Gasteiger partial charge on any atom is -0.347 e. The highest BCUT2D eigenvalue weighted by Crippen LogP contribution is 2.17. The molecule has 0 aliphatic rings. The molecule has 0 saturated carbocycles. The first-order chi connectivity index (χ1) is 10.0. The van der Waals surface area contributed by atoms with E-state index in [1.165, 1.54) is 11.3 Å². The van der Waals surface area contributed by atoms with Crippen molar-refractivity contribution in [2.45, 2.75) is 20.4 Å². The quantitative estimate of drug-likeness (QED) is 0.840. The molecular formula is C15H18N4OS. The number of nitrogens with zero attached hydrogens (tertiary/aromatic N) is 2. The summed E-state index contributed by atoms with van der Waals surface area (Å²) in [6.45, 7) is 4.68. The van der Waals surface area contributed by atoms with Crippen molar-refractivity contribution in [3.05, 3.63) is 38.8 Å². The highest BCUT2D eigenvalue weighted by atomic mass is 32.1. The minimum atomic E-state index is -0.117. The van der Waals surface area contributed by atoms with E-state index < -0.39 is 0 Å². The number of hydrogen-bond acceptors (Lipinski definition) is 4. The van der Waals surface area contributed by atoms with Gasteiger partial charge < -0.3 is 11.1 Å². The molecule has 2 rings (SSSR count). The van der Waals surface area contributed by atoms with Crippen LogP contribution in [0.2, 0.25) is 0 Å². The van der Waals surface area contributed by atoms with E-state index in [0.29, 0.717) is 11.4 Å². The molecule has 0 aliphatic heterocycles. The Morgan fingerprint density at radius 2 is 2.29 bits per heavy atom. The molecule has 3 N–H and O–H groups in total. The van der Waals surface area contributed by atoms with E-state index in [0.717, 1.165) is 22.5 Å². The summed E-state index contributed by atoms with van der Waals surface area (Å²) in [4.78, 5) is 12.9. The van der Waals surface area contributed by atoms with Gasteiger partial charge in [0, 0.05) is 30.4 Å². The molecular weight excluding hydrogens is 284 g/mol. The molecule has 6 heteroatoms. The molecule has 5 nitrogen and oxygen atoms in total. The maximum atomic E-state index is 12.3. The normalized spacial score (nSPS) is 10.1. The lowest BCUT2D eigenvalue weighted by Gasteiger charge is -2.05. The highest BCUT2D eigenvalue weighted by molar-refractivity contribution is 7.12. The summed E-state index contributed by atoms with van der Waals surface area (Å²) in [6, 6.07) is 1.84. The van der Waals surface area contributed by atoms with Gasteiger partial charge in [0.15, 0.2) is 0 Å². The zero-order valence-corrected chi connectivity index (χ0v) is 13.2. The molecule has 110 valence electrons. The zero-order valence-electron chi connectivity index (χ0n) is 12.4. The van der Waals surface area contributed by atoms with Crippen molar-refractivity contribution >= 4 is 17.2 Å². The van der Waals surface area contributed by atoms with Gasteiger partial charge in [0.1, 0.15) is 4.88 Å². The van der Waals surface area contributed by atoms with Crippen LogP contribution in [0.1, 0.15) is 32.2 Å². The van der Waals surface area contributed by atoms with Gasteiger partial charge in [-0.1, -0.05) is 11.8 Å².